The third kappa shape index (κ3) is 4.71. The summed E-state index contributed by atoms with van der Waals surface area (Å²) in [5.74, 6) is 0.206. The fourth-order valence-electron chi connectivity index (χ4n) is 4.30. The van der Waals surface area contributed by atoms with Gasteiger partial charge < -0.3 is 19.5 Å². The van der Waals surface area contributed by atoms with Gasteiger partial charge in [-0.05, 0) is 36.2 Å². The van der Waals surface area contributed by atoms with Gasteiger partial charge in [-0.2, -0.15) is 4.98 Å². The van der Waals surface area contributed by atoms with Crippen LogP contribution in [0, 0.1) is 0 Å². The topological polar surface area (TPSA) is 93.9 Å². The zero-order chi connectivity index (χ0) is 25.1. The van der Waals surface area contributed by atoms with Gasteiger partial charge in [0.15, 0.2) is 5.56 Å². The number of methoxy groups -OCH3 is 2. The van der Waals surface area contributed by atoms with Crippen LogP contribution in [0.15, 0.2) is 47.3 Å². The summed E-state index contributed by atoms with van der Waals surface area (Å²) < 4.78 is 12.4. The van der Waals surface area contributed by atoms with Gasteiger partial charge in [0.2, 0.25) is 5.88 Å². The molecule has 0 unspecified atom stereocenters. The lowest BCUT2D eigenvalue weighted by molar-refractivity contribution is 0.0595. The quantitative estimate of drug-likeness (QED) is 0.501. The van der Waals surface area contributed by atoms with Gasteiger partial charge in [0.25, 0.3) is 11.5 Å². The lowest BCUT2D eigenvalue weighted by Crippen LogP contribution is -2.50. The van der Waals surface area contributed by atoms with Crippen LogP contribution >= 0.6 is 11.6 Å². The highest BCUT2D eigenvalue weighted by Gasteiger charge is 2.36. The molecule has 0 saturated carbocycles. The number of carbonyl (C=O) groups is 1. The number of aryl methyl sites for hydroxylation is 1. The summed E-state index contributed by atoms with van der Waals surface area (Å²) in [5, 5.41) is 12.0. The van der Waals surface area contributed by atoms with Crippen molar-refractivity contribution < 1.29 is 19.4 Å². The molecule has 1 saturated heterocycles. The van der Waals surface area contributed by atoms with E-state index in [2.05, 4.69) is 4.98 Å². The van der Waals surface area contributed by atoms with Crippen molar-refractivity contribution in [3.63, 3.8) is 0 Å². The summed E-state index contributed by atoms with van der Waals surface area (Å²) >= 11 is 6.10. The Morgan fingerprint density at radius 2 is 1.80 bits per heavy atom. The van der Waals surface area contributed by atoms with Crippen molar-refractivity contribution in [1.29, 1.82) is 0 Å². The highest BCUT2D eigenvalue weighted by atomic mass is 35.5. The number of hydrogen-bond donors (Lipinski definition) is 1. The number of ether oxygens (including phenoxy) is 2. The van der Waals surface area contributed by atoms with Gasteiger partial charge >= 0.3 is 0 Å². The van der Waals surface area contributed by atoms with Crippen molar-refractivity contribution >= 4 is 17.5 Å². The molecular weight excluding hydrogens is 470 g/mol. The molecule has 184 valence electrons. The summed E-state index contributed by atoms with van der Waals surface area (Å²) in [6, 6.07) is 12.7. The van der Waals surface area contributed by atoms with E-state index >= 15 is 0 Å². The molecule has 1 fully saturated rings. The number of hydrogen-bond acceptors (Lipinski definition) is 6. The number of rotatable bonds is 8. The van der Waals surface area contributed by atoms with E-state index < -0.39 is 17.3 Å². The van der Waals surface area contributed by atoms with Crippen molar-refractivity contribution in [2.75, 3.05) is 27.3 Å². The van der Waals surface area contributed by atoms with Crippen molar-refractivity contribution in [2.45, 2.75) is 32.1 Å². The van der Waals surface area contributed by atoms with E-state index in [-0.39, 0.29) is 11.5 Å². The molecule has 8 nitrogen and oxygen atoms in total. The van der Waals surface area contributed by atoms with E-state index in [0.717, 1.165) is 18.4 Å². The Hall–Kier alpha value is -3.52. The predicted octanol–water partition coefficient (Wildman–Crippen LogP) is 4.19. The normalized spacial score (nSPS) is 13.4. The van der Waals surface area contributed by atoms with Crippen molar-refractivity contribution in [1.82, 2.24) is 14.5 Å². The molecule has 0 bridgehead atoms. The van der Waals surface area contributed by atoms with Crippen LogP contribution in [-0.2, 0) is 6.42 Å². The molecule has 1 amide bonds. The number of carbonyl (C=O) groups excluding carboxylic acids is 1. The summed E-state index contributed by atoms with van der Waals surface area (Å²) in [5.41, 5.74) is 0.274. The molecule has 0 radical (unpaired) electrons. The zero-order valence-electron chi connectivity index (χ0n) is 20.0. The van der Waals surface area contributed by atoms with Gasteiger partial charge in [-0.3, -0.25) is 14.2 Å². The average Bonchev–Trinajstić information content (AvgIpc) is 2.81. The zero-order valence-corrected chi connectivity index (χ0v) is 20.7. The number of likely N-dealkylation sites (tertiary alicyclic amines) is 1. The second-order valence-corrected chi connectivity index (χ2v) is 8.88. The van der Waals surface area contributed by atoms with E-state index in [0.29, 0.717) is 47.5 Å². The maximum atomic E-state index is 13.4. The Labute approximate surface area is 208 Å². The van der Waals surface area contributed by atoms with Gasteiger partial charge in [-0.25, -0.2) is 0 Å². The average molecular weight is 498 g/mol. The van der Waals surface area contributed by atoms with Gasteiger partial charge in [-0.15, -0.1) is 0 Å². The lowest BCUT2D eigenvalue weighted by atomic mass is 9.91. The molecule has 9 heteroatoms. The highest BCUT2D eigenvalue weighted by molar-refractivity contribution is 6.30. The van der Waals surface area contributed by atoms with Crippen LogP contribution in [-0.4, -0.2) is 52.8 Å². The van der Waals surface area contributed by atoms with Crippen LogP contribution in [0.3, 0.4) is 0 Å². The SMILES string of the molecule is CCCCc1nc(=O)c(C(=O)N2CC(c3cccc(Cl)c3)C2)c(O)n1-c1c(OC)cccc1OC. The van der Waals surface area contributed by atoms with E-state index in [1.54, 1.807) is 24.3 Å². The van der Waals surface area contributed by atoms with Crippen LogP contribution in [0.1, 0.15) is 47.4 Å². The van der Waals surface area contributed by atoms with Crippen LogP contribution in [0.5, 0.6) is 17.4 Å². The molecule has 1 aromatic heterocycles. The largest absolute Gasteiger partial charge is 0.494 e. The van der Waals surface area contributed by atoms with Gasteiger partial charge in [-0.1, -0.05) is 43.1 Å². The standard InChI is InChI=1S/C26H28ClN3O5/c1-4-5-12-21-28-24(31)22(25(32)29-14-17(15-29)16-8-6-9-18(27)13-16)26(33)30(21)23-19(34-2)10-7-11-20(23)35-3/h6-11,13,17,33H,4-5,12,14-15H2,1-3H3. The molecule has 35 heavy (non-hydrogen) atoms. The first-order valence-corrected chi connectivity index (χ1v) is 11.9. The van der Waals surface area contributed by atoms with Crippen LogP contribution in [0.25, 0.3) is 5.69 Å². The van der Waals surface area contributed by atoms with E-state index in [9.17, 15) is 14.7 Å². The van der Waals surface area contributed by atoms with Crippen LogP contribution < -0.4 is 15.0 Å². The molecule has 2 aromatic carbocycles. The van der Waals surface area contributed by atoms with Gasteiger partial charge in [0.1, 0.15) is 23.0 Å². The van der Waals surface area contributed by atoms with Crippen LogP contribution in [0.2, 0.25) is 5.02 Å². The minimum absolute atomic E-state index is 0.105. The minimum atomic E-state index is -0.755. The maximum Gasteiger partial charge on any atom is 0.289 e. The van der Waals surface area contributed by atoms with Crippen LogP contribution in [0.4, 0.5) is 0 Å². The second kappa shape index (κ2) is 10.4. The molecule has 0 spiro atoms. The maximum absolute atomic E-state index is 13.4. The third-order valence-corrected chi connectivity index (χ3v) is 6.46. The summed E-state index contributed by atoms with van der Waals surface area (Å²) in [6.45, 7) is 2.84. The predicted molar refractivity (Wildman–Crippen MR) is 133 cm³/mol. The Bertz CT molecular complexity index is 1280. The summed E-state index contributed by atoms with van der Waals surface area (Å²) in [4.78, 5) is 32.1. The number of halogens is 1. The third-order valence-electron chi connectivity index (χ3n) is 6.22. The Balaban J connectivity index is 1.76. The minimum Gasteiger partial charge on any atom is -0.494 e. The second-order valence-electron chi connectivity index (χ2n) is 8.44. The molecule has 4 rings (SSSR count). The molecule has 2 heterocycles. The number of amides is 1. The Morgan fingerprint density at radius 3 is 2.40 bits per heavy atom. The van der Waals surface area contributed by atoms with Crippen molar-refractivity contribution in [3.8, 4) is 23.1 Å². The fourth-order valence-corrected chi connectivity index (χ4v) is 4.50. The molecule has 0 aliphatic carbocycles. The number of aromatic hydroxyl groups is 1. The Kier molecular flexibility index (Phi) is 7.31. The first-order valence-electron chi connectivity index (χ1n) is 11.5. The molecule has 0 atom stereocenters. The van der Waals surface area contributed by atoms with Gasteiger partial charge in [0, 0.05) is 30.5 Å². The molecule has 1 aliphatic heterocycles. The van der Waals surface area contributed by atoms with E-state index in [1.807, 2.05) is 25.1 Å². The summed E-state index contributed by atoms with van der Waals surface area (Å²) in [6.07, 6.45) is 2.03. The Morgan fingerprint density at radius 1 is 1.14 bits per heavy atom. The number of nitrogens with zero attached hydrogens (tertiary/aromatic N) is 3. The number of unbranched alkanes of at least 4 members (excludes halogenated alkanes) is 1. The van der Waals surface area contributed by atoms with Crippen molar-refractivity contribution in [3.05, 3.63) is 74.8 Å². The van der Waals surface area contributed by atoms with Gasteiger partial charge in [0.05, 0.1) is 14.2 Å². The monoisotopic (exact) mass is 497 g/mol. The lowest BCUT2D eigenvalue weighted by Gasteiger charge is -2.39. The molecule has 1 N–H and O–H groups in total. The number of aromatic nitrogens is 2. The van der Waals surface area contributed by atoms with Crippen molar-refractivity contribution in [2.24, 2.45) is 0 Å². The van der Waals surface area contributed by atoms with E-state index in [4.69, 9.17) is 21.1 Å². The number of para-hydroxylation sites is 1. The first-order chi connectivity index (χ1) is 16.9. The fraction of sp³-hybridized carbons (Fsp3) is 0.346. The first kappa shape index (κ1) is 24.6. The van der Waals surface area contributed by atoms with E-state index in [1.165, 1.54) is 23.7 Å². The molecular formula is C26H28ClN3O5. The molecule has 1 aliphatic rings. The number of benzene rings is 2. The highest BCUT2D eigenvalue weighted by Crippen LogP contribution is 2.37. The molecule has 3 aromatic rings. The smallest absolute Gasteiger partial charge is 0.289 e. The summed E-state index contributed by atoms with van der Waals surface area (Å²) in [7, 11) is 3.00.